The van der Waals surface area contributed by atoms with Crippen molar-refractivity contribution in [1.29, 1.82) is 5.26 Å². The summed E-state index contributed by atoms with van der Waals surface area (Å²) in [6, 6.07) is 21.0. The van der Waals surface area contributed by atoms with Crippen LogP contribution in [0.15, 0.2) is 76.4 Å². The van der Waals surface area contributed by atoms with E-state index in [4.69, 9.17) is 14.2 Å². The van der Waals surface area contributed by atoms with E-state index in [-0.39, 0.29) is 26.2 Å². The standard InChI is InChI=1S/C24H22FN3O5/c25-19-12-28(23(30)27-22(19)29)21-11-20(32-14-18-9-5-2-6-10-18)24(15-26,33-21)16-31-13-17-7-3-1-4-8-17/h1-10,12,20-21H,11,13-14,16H2,(H,27,29,30)/t20-,21+,24+/m0/s1. The summed E-state index contributed by atoms with van der Waals surface area (Å²) in [7, 11) is 0. The molecule has 33 heavy (non-hydrogen) atoms. The first-order chi connectivity index (χ1) is 16.0. The molecular weight excluding hydrogens is 429 g/mol. The molecule has 1 aromatic heterocycles. The van der Waals surface area contributed by atoms with Crippen molar-refractivity contribution in [3.63, 3.8) is 0 Å². The Labute approximate surface area is 188 Å². The second-order valence-electron chi connectivity index (χ2n) is 7.72. The minimum absolute atomic E-state index is 0.0838. The largest absolute Gasteiger partial charge is 0.373 e. The summed E-state index contributed by atoms with van der Waals surface area (Å²) in [4.78, 5) is 25.6. The van der Waals surface area contributed by atoms with E-state index in [9.17, 15) is 19.2 Å². The summed E-state index contributed by atoms with van der Waals surface area (Å²) in [5.41, 5.74) is -1.69. The predicted octanol–water partition coefficient (Wildman–Crippen LogP) is 2.66. The third-order valence-electron chi connectivity index (χ3n) is 5.43. The van der Waals surface area contributed by atoms with E-state index >= 15 is 0 Å². The molecule has 1 aliphatic rings. The number of nitrogens with one attached hydrogen (secondary N) is 1. The molecule has 2 aromatic carbocycles. The van der Waals surface area contributed by atoms with Gasteiger partial charge in [-0.25, -0.2) is 4.79 Å². The highest BCUT2D eigenvalue weighted by molar-refractivity contribution is 5.16. The zero-order chi connectivity index (χ0) is 23.3. The Hall–Kier alpha value is -3.58. The first-order valence-electron chi connectivity index (χ1n) is 10.4. The molecule has 3 aromatic rings. The van der Waals surface area contributed by atoms with Gasteiger partial charge in [0.2, 0.25) is 11.4 Å². The maximum Gasteiger partial charge on any atom is 0.330 e. The molecule has 4 rings (SSSR count). The minimum Gasteiger partial charge on any atom is -0.373 e. The Morgan fingerprint density at radius 3 is 2.36 bits per heavy atom. The van der Waals surface area contributed by atoms with E-state index in [0.717, 1.165) is 21.9 Å². The molecule has 1 aliphatic heterocycles. The van der Waals surface area contributed by atoms with E-state index in [0.29, 0.717) is 0 Å². The molecule has 170 valence electrons. The normalized spacial score (nSPS) is 22.2. The number of nitrogens with zero attached hydrogens (tertiary/aromatic N) is 2. The van der Waals surface area contributed by atoms with Gasteiger partial charge in [0.05, 0.1) is 26.0 Å². The zero-order valence-electron chi connectivity index (χ0n) is 17.6. The SMILES string of the molecule is N#C[C@]1(COCc2ccccc2)O[C@@H](n2cc(F)c(=O)[nH]c2=O)C[C@@H]1OCc1ccccc1. The number of rotatable bonds is 8. The van der Waals surface area contributed by atoms with E-state index in [1.807, 2.05) is 65.6 Å². The number of benzene rings is 2. The molecular formula is C24H22FN3O5. The van der Waals surface area contributed by atoms with E-state index in [1.165, 1.54) is 0 Å². The van der Waals surface area contributed by atoms with Gasteiger partial charge in [-0.05, 0) is 11.1 Å². The summed E-state index contributed by atoms with van der Waals surface area (Å²) in [5, 5.41) is 10.1. The van der Waals surface area contributed by atoms with Crippen molar-refractivity contribution in [3.05, 3.63) is 105 Å². The zero-order valence-corrected chi connectivity index (χ0v) is 17.6. The van der Waals surface area contributed by atoms with Gasteiger partial charge < -0.3 is 14.2 Å². The number of ether oxygens (including phenoxy) is 3. The van der Waals surface area contributed by atoms with Crippen LogP contribution in [0.1, 0.15) is 23.8 Å². The molecule has 3 atom stereocenters. The average molecular weight is 451 g/mol. The lowest BCUT2D eigenvalue weighted by atomic mass is 9.99. The Balaban J connectivity index is 1.57. The quantitative estimate of drug-likeness (QED) is 0.564. The van der Waals surface area contributed by atoms with Crippen molar-refractivity contribution in [2.24, 2.45) is 0 Å². The fourth-order valence-corrected chi connectivity index (χ4v) is 3.71. The van der Waals surface area contributed by atoms with Crippen molar-refractivity contribution in [2.75, 3.05) is 6.61 Å². The Bertz CT molecular complexity index is 1240. The highest BCUT2D eigenvalue weighted by atomic mass is 19.1. The van der Waals surface area contributed by atoms with Crippen LogP contribution in [0.25, 0.3) is 0 Å². The van der Waals surface area contributed by atoms with Crippen LogP contribution < -0.4 is 11.2 Å². The van der Waals surface area contributed by atoms with Gasteiger partial charge in [0.15, 0.2) is 0 Å². The molecule has 0 amide bonds. The fourth-order valence-electron chi connectivity index (χ4n) is 3.71. The van der Waals surface area contributed by atoms with Crippen LogP contribution in [-0.2, 0) is 27.4 Å². The van der Waals surface area contributed by atoms with Crippen molar-refractivity contribution < 1.29 is 18.6 Å². The van der Waals surface area contributed by atoms with Crippen LogP contribution in [0.4, 0.5) is 4.39 Å². The smallest absolute Gasteiger partial charge is 0.330 e. The molecule has 9 heteroatoms. The number of hydrogen-bond acceptors (Lipinski definition) is 6. The van der Waals surface area contributed by atoms with Crippen LogP contribution in [0.3, 0.4) is 0 Å². The number of hydrogen-bond donors (Lipinski definition) is 1. The average Bonchev–Trinajstić information content (AvgIpc) is 3.20. The molecule has 8 nitrogen and oxygen atoms in total. The van der Waals surface area contributed by atoms with Gasteiger partial charge >= 0.3 is 5.69 Å². The van der Waals surface area contributed by atoms with E-state index in [2.05, 4.69) is 6.07 Å². The second-order valence-corrected chi connectivity index (χ2v) is 7.72. The van der Waals surface area contributed by atoms with Crippen molar-refractivity contribution in [1.82, 2.24) is 9.55 Å². The second kappa shape index (κ2) is 9.92. The van der Waals surface area contributed by atoms with Gasteiger partial charge in [-0.2, -0.15) is 9.65 Å². The first-order valence-corrected chi connectivity index (χ1v) is 10.4. The van der Waals surface area contributed by atoms with Crippen LogP contribution in [0.2, 0.25) is 0 Å². The molecule has 0 bridgehead atoms. The third kappa shape index (κ3) is 5.09. The molecule has 1 N–H and O–H groups in total. The predicted molar refractivity (Wildman–Crippen MR) is 115 cm³/mol. The molecule has 0 unspecified atom stereocenters. The minimum atomic E-state index is -1.54. The van der Waals surface area contributed by atoms with Gasteiger partial charge in [0.1, 0.15) is 18.4 Å². The number of aromatic nitrogens is 2. The maximum atomic E-state index is 13.9. The molecule has 0 aliphatic carbocycles. The van der Waals surface area contributed by atoms with Crippen LogP contribution in [0, 0.1) is 17.1 Å². The Kier molecular flexibility index (Phi) is 6.79. The Morgan fingerprint density at radius 1 is 1.09 bits per heavy atom. The van der Waals surface area contributed by atoms with Crippen LogP contribution in [0.5, 0.6) is 0 Å². The lowest BCUT2D eigenvalue weighted by Gasteiger charge is -2.27. The summed E-state index contributed by atoms with van der Waals surface area (Å²) in [6.45, 7) is 0.324. The summed E-state index contributed by atoms with van der Waals surface area (Å²) >= 11 is 0. The number of H-pyrrole nitrogens is 1. The van der Waals surface area contributed by atoms with Gasteiger partial charge in [-0.15, -0.1) is 0 Å². The molecule has 1 saturated heterocycles. The summed E-state index contributed by atoms with van der Waals surface area (Å²) in [5.74, 6) is -1.13. The topological polar surface area (TPSA) is 106 Å². The summed E-state index contributed by atoms with van der Waals surface area (Å²) < 4.78 is 32.6. The van der Waals surface area contributed by atoms with Crippen LogP contribution >= 0.6 is 0 Å². The van der Waals surface area contributed by atoms with Crippen molar-refractivity contribution >= 4 is 0 Å². The number of nitriles is 1. The third-order valence-corrected chi connectivity index (χ3v) is 5.43. The van der Waals surface area contributed by atoms with E-state index < -0.39 is 35.0 Å². The highest BCUT2D eigenvalue weighted by Gasteiger charge is 2.51. The monoisotopic (exact) mass is 451 g/mol. The summed E-state index contributed by atoms with van der Waals surface area (Å²) in [6.07, 6.45) is -0.936. The number of aromatic amines is 1. The van der Waals surface area contributed by atoms with Gasteiger partial charge in [0, 0.05) is 6.42 Å². The van der Waals surface area contributed by atoms with E-state index in [1.54, 1.807) is 0 Å². The Morgan fingerprint density at radius 2 is 1.73 bits per heavy atom. The van der Waals surface area contributed by atoms with Gasteiger partial charge in [0.25, 0.3) is 5.56 Å². The fraction of sp³-hybridized carbons (Fsp3) is 0.292. The number of halogens is 1. The van der Waals surface area contributed by atoms with Crippen LogP contribution in [-0.4, -0.2) is 27.9 Å². The molecule has 2 heterocycles. The molecule has 0 radical (unpaired) electrons. The maximum absolute atomic E-state index is 13.9. The van der Waals surface area contributed by atoms with Gasteiger partial charge in [-0.3, -0.25) is 14.3 Å². The molecule has 1 fully saturated rings. The van der Waals surface area contributed by atoms with Gasteiger partial charge in [-0.1, -0.05) is 60.7 Å². The first kappa shape index (κ1) is 22.6. The van der Waals surface area contributed by atoms with Crippen molar-refractivity contribution in [2.45, 2.75) is 37.6 Å². The lowest BCUT2D eigenvalue weighted by molar-refractivity contribution is -0.125. The lowest BCUT2D eigenvalue weighted by Crippen LogP contribution is -2.44. The molecule has 0 saturated carbocycles. The highest BCUT2D eigenvalue weighted by Crippen LogP contribution is 2.38. The van der Waals surface area contributed by atoms with Crippen molar-refractivity contribution in [3.8, 4) is 6.07 Å². The molecule has 0 spiro atoms.